The van der Waals surface area contributed by atoms with Gasteiger partial charge < -0.3 is 15.2 Å². The molecular formula is C14H14N2O3. The van der Waals surface area contributed by atoms with E-state index in [1.807, 2.05) is 24.3 Å². The van der Waals surface area contributed by atoms with Crippen LogP contribution in [0.1, 0.15) is 10.4 Å². The third kappa shape index (κ3) is 2.49. The smallest absolute Gasteiger partial charge is 0.249 e. The van der Waals surface area contributed by atoms with E-state index in [9.17, 15) is 4.79 Å². The van der Waals surface area contributed by atoms with E-state index in [0.29, 0.717) is 22.8 Å². The molecule has 0 spiro atoms. The Labute approximate surface area is 111 Å². The van der Waals surface area contributed by atoms with Crippen LogP contribution in [-0.4, -0.2) is 25.1 Å². The molecule has 0 saturated heterocycles. The van der Waals surface area contributed by atoms with Crippen LogP contribution in [0, 0.1) is 0 Å². The van der Waals surface area contributed by atoms with E-state index in [1.165, 1.54) is 13.2 Å². The minimum Gasteiger partial charge on any atom is -0.496 e. The Bertz CT molecular complexity index is 611. The molecule has 0 fully saturated rings. The summed E-state index contributed by atoms with van der Waals surface area (Å²) in [6.07, 6.45) is 1.55. The zero-order chi connectivity index (χ0) is 13.8. The van der Waals surface area contributed by atoms with Gasteiger partial charge in [0, 0.05) is 23.4 Å². The van der Waals surface area contributed by atoms with Crippen molar-refractivity contribution in [3.05, 3.63) is 42.1 Å². The van der Waals surface area contributed by atoms with Crippen LogP contribution in [-0.2, 0) is 0 Å². The normalized spacial score (nSPS) is 10.0. The van der Waals surface area contributed by atoms with Gasteiger partial charge in [0.15, 0.2) is 0 Å². The highest BCUT2D eigenvalue weighted by molar-refractivity contribution is 6.00. The number of ether oxygens (including phenoxy) is 2. The van der Waals surface area contributed by atoms with Gasteiger partial charge in [-0.15, -0.1) is 0 Å². The largest absolute Gasteiger partial charge is 0.496 e. The first kappa shape index (κ1) is 12.9. The number of para-hydroxylation sites is 1. The molecule has 2 rings (SSSR count). The molecule has 98 valence electrons. The molecule has 0 bridgehead atoms. The highest BCUT2D eigenvalue weighted by atomic mass is 16.5. The molecule has 0 aliphatic heterocycles. The second-order valence-electron chi connectivity index (χ2n) is 3.84. The van der Waals surface area contributed by atoms with Gasteiger partial charge in [0.05, 0.1) is 19.8 Å². The van der Waals surface area contributed by atoms with Crippen molar-refractivity contribution >= 4 is 5.91 Å². The first-order valence-corrected chi connectivity index (χ1v) is 5.64. The Morgan fingerprint density at radius 2 is 1.89 bits per heavy atom. The van der Waals surface area contributed by atoms with E-state index >= 15 is 0 Å². The number of nitrogens with two attached hydrogens (primary N) is 1. The van der Waals surface area contributed by atoms with Crippen molar-refractivity contribution in [2.75, 3.05) is 14.2 Å². The van der Waals surface area contributed by atoms with Gasteiger partial charge in [-0.1, -0.05) is 18.2 Å². The number of hydrogen-bond acceptors (Lipinski definition) is 4. The van der Waals surface area contributed by atoms with Gasteiger partial charge in [0.1, 0.15) is 5.75 Å². The average Bonchev–Trinajstić information content (AvgIpc) is 2.46. The van der Waals surface area contributed by atoms with Gasteiger partial charge in [0.2, 0.25) is 11.8 Å². The number of rotatable bonds is 4. The topological polar surface area (TPSA) is 74.4 Å². The number of benzene rings is 1. The molecule has 0 radical (unpaired) electrons. The Balaban J connectivity index is 2.64. The SMILES string of the molecule is COc1cc(C(N)=O)c(-c2ccccc2OC)cn1. The predicted octanol–water partition coefficient (Wildman–Crippen LogP) is 1.86. The fourth-order valence-corrected chi connectivity index (χ4v) is 1.83. The van der Waals surface area contributed by atoms with Gasteiger partial charge >= 0.3 is 0 Å². The fourth-order valence-electron chi connectivity index (χ4n) is 1.83. The van der Waals surface area contributed by atoms with E-state index in [-0.39, 0.29) is 0 Å². The minimum atomic E-state index is -0.540. The van der Waals surface area contributed by atoms with Gasteiger partial charge in [-0.05, 0) is 6.07 Å². The van der Waals surface area contributed by atoms with Gasteiger partial charge in [-0.3, -0.25) is 4.79 Å². The van der Waals surface area contributed by atoms with Crippen molar-refractivity contribution in [2.45, 2.75) is 0 Å². The molecule has 1 aromatic heterocycles. The number of amides is 1. The summed E-state index contributed by atoms with van der Waals surface area (Å²) in [7, 11) is 3.05. The van der Waals surface area contributed by atoms with Crippen molar-refractivity contribution < 1.29 is 14.3 Å². The highest BCUT2D eigenvalue weighted by Crippen LogP contribution is 2.32. The molecule has 5 nitrogen and oxygen atoms in total. The van der Waals surface area contributed by atoms with Crippen LogP contribution >= 0.6 is 0 Å². The van der Waals surface area contributed by atoms with Crippen molar-refractivity contribution in [2.24, 2.45) is 5.73 Å². The lowest BCUT2D eigenvalue weighted by Gasteiger charge is -2.11. The van der Waals surface area contributed by atoms with E-state index in [2.05, 4.69) is 4.98 Å². The van der Waals surface area contributed by atoms with Crippen LogP contribution < -0.4 is 15.2 Å². The van der Waals surface area contributed by atoms with Crippen molar-refractivity contribution in [1.29, 1.82) is 0 Å². The lowest BCUT2D eigenvalue weighted by atomic mass is 10.0. The van der Waals surface area contributed by atoms with Gasteiger partial charge in [-0.25, -0.2) is 4.98 Å². The summed E-state index contributed by atoms with van der Waals surface area (Å²) in [5.74, 6) is 0.450. The van der Waals surface area contributed by atoms with E-state index in [0.717, 1.165) is 5.56 Å². The molecule has 0 aliphatic carbocycles. The number of hydrogen-bond donors (Lipinski definition) is 1. The molecular weight excluding hydrogens is 244 g/mol. The maximum atomic E-state index is 11.6. The summed E-state index contributed by atoms with van der Waals surface area (Å²) >= 11 is 0. The minimum absolute atomic E-state index is 0.340. The molecule has 1 aromatic carbocycles. The zero-order valence-electron chi connectivity index (χ0n) is 10.7. The zero-order valence-corrected chi connectivity index (χ0v) is 10.7. The monoisotopic (exact) mass is 258 g/mol. The standard InChI is InChI=1S/C14H14N2O3/c1-18-12-6-4-3-5-9(12)11-8-16-13(19-2)7-10(11)14(15)17/h3-8H,1-2H3,(H2,15,17). The first-order valence-electron chi connectivity index (χ1n) is 5.64. The molecule has 1 amide bonds. The van der Waals surface area contributed by atoms with E-state index in [4.69, 9.17) is 15.2 Å². The second kappa shape index (κ2) is 5.39. The molecule has 1 heterocycles. The number of carbonyl (C=O) groups is 1. The van der Waals surface area contributed by atoms with Gasteiger partial charge in [-0.2, -0.15) is 0 Å². The average molecular weight is 258 g/mol. The predicted molar refractivity (Wildman–Crippen MR) is 71.3 cm³/mol. The van der Waals surface area contributed by atoms with E-state index < -0.39 is 5.91 Å². The third-order valence-corrected chi connectivity index (χ3v) is 2.75. The summed E-state index contributed by atoms with van der Waals surface area (Å²) in [5.41, 5.74) is 7.12. The quantitative estimate of drug-likeness (QED) is 0.908. The number of pyridine rings is 1. The highest BCUT2D eigenvalue weighted by Gasteiger charge is 2.15. The maximum absolute atomic E-state index is 11.6. The van der Waals surface area contributed by atoms with Crippen LogP contribution in [0.4, 0.5) is 0 Å². The van der Waals surface area contributed by atoms with Crippen molar-refractivity contribution in [3.63, 3.8) is 0 Å². The van der Waals surface area contributed by atoms with Crippen molar-refractivity contribution in [3.8, 4) is 22.8 Å². The lowest BCUT2D eigenvalue weighted by molar-refractivity contribution is 0.100. The molecule has 2 aromatic rings. The molecule has 0 atom stereocenters. The van der Waals surface area contributed by atoms with Gasteiger partial charge in [0.25, 0.3) is 0 Å². The Morgan fingerprint density at radius 3 is 2.53 bits per heavy atom. The molecule has 0 unspecified atom stereocenters. The van der Waals surface area contributed by atoms with Crippen LogP contribution in [0.5, 0.6) is 11.6 Å². The Kier molecular flexibility index (Phi) is 3.66. The summed E-state index contributed by atoms with van der Waals surface area (Å²) < 4.78 is 10.3. The van der Waals surface area contributed by atoms with Crippen LogP contribution in [0.25, 0.3) is 11.1 Å². The van der Waals surface area contributed by atoms with Crippen LogP contribution in [0.3, 0.4) is 0 Å². The third-order valence-electron chi connectivity index (χ3n) is 2.75. The first-order chi connectivity index (χ1) is 9.17. The summed E-state index contributed by atoms with van der Waals surface area (Å²) in [4.78, 5) is 15.7. The number of aromatic nitrogens is 1. The molecule has 19 heavy (non-hydrogen) atoms. The second-order valence-corrected chi connectivity index (χ2v) is 3.84. The van der Waals surface area contributed by atoms with Crippen molar-refractivity contribution in [1.82, 2.24) is 4.98 Å². The summed E-state index contributed by atoms with van der Waals surface area (Å²) in [5, 5.41) is 0. The van der Waals surface area contributed by atoms with Crippen LogP contribution in [0.15, 0.2) is 36.5 Å². The number of methoxy groups -OCH3 is 2. The maximum Gasteiger partial charge on any atom is 0.249 e. The summed E-state index contributed by atoms with van der Waals surface area (Å²) in [6, 6.07) is 8.87. The number of carbonyl (C=O) groups excluding carboxylic acids is 1. The molecule has 0 aliphatic rings. The number of primary amides is 1. The van der Waals surface area contributed by atoms with E-state index in [1.54, 1.807) is 13.3 Å². The fraction of sp³-hybridized carbons (Fsp3) is 0.143. The Hall–Kier alpha value is -2.56. The lowest BCUT2D eigenvalue weighted by Crippen LogP contribution is -2.13. The Morgan fingerprint density at radius 1 is 1.16 bits per heavy atom. The number of nitrogens with zero attached hydrogens (tertiary/aromatic N) is 1. The summed E-state index contributed by atoms with van der Waals surface area (Å²) in [6.45, 7) is 0. The van der Waals surface area contributed by atoms with Crippen LogP contribution in [0.2, 0.25) is 0 Å². The molecule has 5 heteroatoms. The molecule has 2 N–H and O–H groups in total. The molecule has 0 saturated carbocycles.